The van der Waals surface area contributed by atoms with E-state index in [0.717, 1.165) is 49.2 Å². The molecule has 1 fully saturated rings. The Kier molecular flexibility index (Phi) is 6.74. The molecule has 0 unspecified atom stereocenters. The molecule has 6 nitrogen and oxygen atoms in total. The summed E-state index contributed by atoms with van der Waals surface area (Å²) < 4.78 is 0. The first kappa shape index (κ1) is 22.5. The summed E-state index contributed by atoms with van der Waals surface area (Å²) in [5, 5.41) is 21.1. The van der Waals surface area contributed by atoms with Gasteiger partial charge >= 0.3 is 0 Å². The summed E-state index contributed by atoms with van der Waals surface area (Å²) >= 11 is 0. The molecule has 0 spiro atoms. The van der Waals surface area contributed by atoms with Crippen molar-refractivity contribution in [3.63, 3.8) is 0 Å². The van der Waals surface area contributed by atoms with Crippen LogP contribution in [0.25, 0.3) is 11.3 Å². The Hall–Kier alpha value is -3.20. The van der Waals surface area contributed by atoms with E-state index in [1.165, 1.54) is 0 Å². The normalized spacial score (nSPS) is 16.4. The molecule has 1 saturated heterocycles. The van der Waals surface area contributed by atoms with E-state index in [1.807, 2.05) is 39.0 Å². The highest BCUT2D eigenvalue weighted by Crippen LogP contribution is 2.34. The van der Waals surface area contributed by atoms with E-state index in [1.54, 1.807) is 12.1 Å². The van der Waals surface area contributed by atoms with E-state index >= 15 is 0 Å². The molecule has 0 saturated carbocycles. The van der Waals surface area contributed by atoms with Crippen molar-refractivity contribution in [2.24, 2.45) is 5.41 Å². The third-order valence-corrected chi connectivity index (χ3v) is 6.10. The standard InChI is InChI=1S/C25H31N5O/c1-6-17(2)27-24(31)21-18(3)22(20-10-8-19(16-26)9-11-20)28-29-23(21)30-14-7-12-25(4,5)13-15-30/h6,8-11H,7,12-15H2,1-5H3,(H,27,31)/b17-6+. The third kappa shape index (κ3) is 5.11. The molecular weight excluding hydrogens is 386 g/mol. The van der Waals surface area contributed by atoms with Crippen LogP contribution in [-0.2, 0) is 0 Å². The molecule has 1 aromatic heterocycles. The van der Waals surface area contributed by atoms with Crippen molar-refractivity contribution in [2.75, 3.05) is 18.0 Å². The highest BCUT2D eigenvalue weighted by molar-refractivity contribution is 6.02. The SMILES string of the molecule is C/C=C(\C)NC(=O)c1c(N2CCCC(C)(C)CC2)nnc(-c2ccc(C#N)cc2)c1C. The summed E-state index contributed by atoms with van der Waals surface area (Å²) in [5.41, 5.74) is 4.51. The van der Waals surface area contributed by atoms with Crippen LogP contribution in [0.4, 0.5) is 5.82 Å². The number of carbonyl (C=O) groups excluding carboxylic acids is 1. The molecule has 3 rings (SSSR count). The summed E-state index contributed by atoms with van der Waals surface area (Å²) in [5.74, 6) is 0.477. The highest BCUT2D eigenvalue weighted by atomic mass is 16.1. The second kappa shape index (κ2) is 9.30. The number of hydrogen-bond acceptors (Lipinski definition) is 5. The van der Waals surface area contributed by atoms with Crippen molar-refractivity contribution in [3.8, 4) is 17.3 Å². The maximum atomic E-state index is 13.3. The van der Waals surface area contributed by atoms with E-state index < -0.39 is 0 Å². The Morgan fingerprint density at radius 1 is 1.19 bits per heavy atom. The monoisotopic (exact) mass is 417 g/mol. The second-order valence-corrected chi connectivity index (χ2v) is 8.99. The van der Waals surface area contributed by atoms with Crippen LogP contribution < -0.4 is 10.2 Å². The largest absolute Gasteiger partial charge is 0.354 e. The average molecular weight is 418 g/mol. The van der Waals surface area contributed by atoms with Gasteiger partial charge in [-0.05, 0) is 63.1 Å². The van der Waals surface area contributed by atoms with Crippen molar-refractivity contribution in [3.05, 3.63) is 52.7 Å². The molecule has 1 aliphatic heterocycles. The molecule has 0 bridgehead atoms. The van der Waals surface area contributed by atoms with Crippen molar-refractivity contribution >= 4 is 11.7 Å². The molecule has 2 heterocycles. The lowest BCUT2D eigenvalue weighted by molar-refractivity contribution is 0.0965. The maximum absolute atomic E-state index is 13.3. The van der Waals surface area contributed by atoms with Crippen LogP contribution in [0, 0.1) is 23.7 Å². The minimum atomic E-state index is -0.170. The summed E-state index contributed by atoms with van der Waals surface area (Å²) in [6.07, 6.45) is 5.12. The van der Waals surface area contributed by atoms with Gasteiger partial charge in [-0.25, -0.2) is 0 Å². The number of allylic oxidation sites excluding steroid dienone is 2. The molecule has 2 aromatic rings. The molecule has 31 heavy (non-hydrogen) atoms. The van der Waals surface area contributed by atoms with Crippen molar-refractivity contribution < 1.29 is 4.79 Å². The van der Waals surface area contributed by atoms with Gasteiger partial charge in [-0.3, -0.25) is 4.79 Å². The molecule has 1 amide bonds. The van der Waals surface area contributed by atoms with Crippen molar-refractivity contribution in [2.45, 2.75) is 53.9 Å². The van der Waals surface area contributed by atoms with Crippen LogP contribution in [0.2, 0.25) is 0 Å². The smallest absolute Gasteiger partial charge is 0.259 e. The molecule has 1 N–H and O–H groups in total. The summed E-state index contributed by atoms with van der Waals surface area (Å²) in [4.78, 5) is 15.5. The predicted octanol–water partition coefficient (Wildman–Crippen LogP) is 4.99. The lowest BCUT2D eigenvalue weighted by atomic mass is 9.85. The number of nitriles is 1. The Bertz CT molecular complexity index is 1030. The first-order chi connectivity index (χ1) is 14.8. The lowest BCUT2D eigenvalue weighted by Gasteiger charge is -2.26. The number of benzene rings is 1. The molecule has 6 heteroatoms. The number of nitrogens with zero attached hydrogens (tertiary/aromatic N) is 4. The molecule has 0 atom stereocenters. The van der Waals surface area contributed by atoms with Crippen LogP contribution in [0.5, 0.6) is 0 Å². The van der Waals surface area contributed by atoms with Crippen LogP contribution in [0.1, 0.15) is 68.4 Å². The van der Waals surface area contributed by atoms with Gasteiger partial charge < -0.3 is 10.2 Å². The first-order valence-corrected chi connectivity index (χ1v) is 10.8. The zero-order chi connectivity index (χ0) is 22.6. The van der Waals surface area contributed by atoms with E-state index in [-0.39, 0.29) is 11.3 Å². The van der Waals surface area contributed by atoms with E-state index in [2.05, 4.69) is 40.3 Å². The number of amides is 1. The zero-order valence-corrected chi connectivity index (χ0v) is 19.1. The fraction of sp³-hybridized carbons (Fsp3) is 0.440. The fourth-order valence-electron chi connectivity index (χ4n) is 3.93. The minimum Gasteiger partial charge on any atom is -0.354 e. The Morgan fingerprint density at radius 3 is 2.55 bits per heavy atom. The quantitative estimate of drug-likeness (QED) is 0.757. The number of rotatable bonds is 4. The molecule has 0 radical (unpaired) electrons. The van der Waals surface area contributed by atoms with Gasteiger partial charge in [0.1, 0.15) is 0 Å². The molecule has 1 aromatic carbocycles. The van der Waals surface area contributed by atoms with Crippen LogP contribution in [0.15, 0.2) is 36.0 Å². The maximum Gasteiger partial charge on any atom is 0.259 e. The van der Waals surface area contributed by atoms with Gasteiger partial charge in [0.05, 0.1) is 22.9 Å². The minimum absolute atomic E-state index is 0.170. The van der Waals surface area contributed by atoms with Crippen LogP contribution in [-0.4, -0.2) is 29.2 Å². The number of hydrogen-bond donors (Lipinski definition) is 1. The second-order valence-electron chi connectivity index (χ2n) is 8.99. The molecule has 0 aliphatic carbocycles. The highest BCUT2D eigenvalue weighted by Gasteiger charge is 2.28. The van der Waals surface area contributed by atoms with Crippen LogP contribution in [0.3, 0.4) is 0 Å². The molecule has 162 valence electrons. The first-order valence-electron chi connectivity index (χ1n) is 10.8. The van der Waals surface area contributed by atoms with E-state index in [0.29, 0.717) is 22.6 Å². The van der Waals surface area contributed by atoms with Gasteiger partial charge in [-0.1, -0.05) is 32.1 Å². The van der Waals surface area contributed by atoms with E-state index in [4.69, 9.17) is 5.26 Å². The third-order valence-electron chi connectivity index (χ3n) is 6.10. The number of anilines is 1. The topological polar surface area (TPSA) is 81.9 Å². The van der Waals surface area contributed by atoms with Gasteiger partial charge in [-0.15, -0.1) is 10.2 Å². The number of aromatic nitrogens is 2. The van der Waals surface area contributed by atoms with Gasteiger partial charge in [0.2, 0.25) is 0 Å². The van der Waals surface area contributed by atoms with Crippen LogP contribution >= 0.6 is 0 Å². The van der Waals surface area contributed by atoms with Crippen molar-refractivity contribution in [1.82, 2.24) is 15.5 Å². The summed E-state index contributed by atoms with van der Waals surface area (Å²) in [6.45, 7) is 12.0. The zero-order valence-electron chi connectivity index (χ0n) is 19.1. The lowest BCUT2D eigenvalue weighted by Crippen LogP contribution is -2.32. The average Bonchev–Trinajstić information content (AvgIpc) is 2.93. The van der Waals surface area contributed by atoms with Gasteiger partial charge in [-0.2, -0.15) is 5.26 Å². The predicted molar refractivity (Wildman–Crippen MR) is 124 cm³/mol. The Morgan fingerprint density at radius 2 is 1.90 bits per heavy atom. The van der Waals surface area contributed by atoms with E-state index in [9.17, 15) is 4.79 Å². The summed E-state index contributed by atoms with van der Waals surface area (Å²) in [6, 6.07) is 9.34. The number of carbonyl (C=O) groups is 1. The van der Waals surface area contributed by atoms with Gasteiger partial charge in [0.15, 0.2) is 5.82 Å². The number of nitrogens with one attached hydrogen (secondary N) is 1. The fourth-order valence-corrected chi connectivity index (χ4v) is 3.93. The van der Waals surface area contributed by atoms with Gasteiger partial charge in [0.25, 0.3) is 5.91 Å². The van der Waals surface area contributed by atoms with Crippen molar-refractivity contribution in [1.29, 1.82) is 5.26 Å². The Labute approximate surface area is 185 Å². The Balaban J connectivity index is 2.08. The summed E-state index contributed by atoms with van der Waals surface area (Å²) in [7, 11) is 0. The molecular formula is C25H31N5O. The van der Waals surface area contributed by atoms with Gasteiger partial charge in [0, 0.05) is 24.4 Å². The molecule has 1 aliphatic rings.